The van der Waals surface area contributed by atoms with Gasteiger partial charge in [0.2, 0.25) is 5.91 Å². The maximum absolute atomic E-state index is 12.8. The fourth-order valence-electron chi connectivity index (χ4n) is 3.41. The summed E-state index contributed by atoms with van der Waals surface area (Å²) in [6.45, 7) is 6.55. The summed E-state index contributed by atoms with van der Waals surface area (Å²) in [6, 6.07) is 5.49. The SMILES string of the molecule is CC(C)CC(=O)N(Cc1nccn1Cc1ccc(Cl)cc1Cl)C[C@@H]1CCCO1. The highest BCUT2D eigenvalue weighted by molar-refractivity contribution is 6.35. The van der Waals surface area contributed by atoms with Crippen LogP contribution in [0, 0.1) is 5.92 Å². The van der Waals surface area contributed by atoms with E-state index in [9.17, 15) is 4.79 Å². The second-order valence-electron chi connectivity index (χ2n) is 7.71. The van der Waals surface area contributed by atoms with Crippen molar-refractivity contribution in [1.82, 2.24) is 14.5 Å². The molecular weight excluding hydrogens is 397 g/mol. The van der Waals surface area contributed by atoms with E-state index in [2.05, 4.69) is 18.8 Å². The van der Waals surface area contributed by atoms with E-state index < -0.39 is 0 Å². The average Bonchev–Trinajstić information content (AvgIpc) is 3.28. The number of hydrogen-bond donors (Lipinski definition) is 0. The smallest absolute Gasteiger partial charge is 0.223 e. The highest BCUT2D eigenvalue weighted by Gasteiger charge is 2.24. The van der Waals surface area contributed by atoms with Crippen LogP contribution in [0.1, 0.15) is 44.5 Å². The van der Waals surface area contributed by atoms with Crippen molar-refractivity contribution in [3.05, 3.63) is 52.0 Å². The Balaban J connectivity index is 1.75. The molecule has 0 N–H and O–H groups in total. The predicted molar refractivity (Wildman–Crippen MR) is 112 cm³/mol. The first-order valence-corrected chi connectivity index (χ1v) is 10.5. The van der Waals surface area contributed by atoms with Crippen LogP contribution < -0.4 is 0 Å². The molecule has 1 amide bonds. The van der Waals surface area contributed by atoms with E-state index in [0.717, 1.165) is 30.8 Å². The molecule has 2 aromatic rings. The number of hydrogen-bond acceptors (Lipinski definition) is 3. The summed E-state index contributed by atoms with van der Waals surface area (Å²) in [6.07, 6.45) is 6.37. The van der Waals surface area contributed by atoms with Gasteiger partial charge in [-0.05, 0) is 36.5 Å². The molecule has 1 fully saturated rings. The number of amides is 1. The van der Waals surface area contributed by atoms with E-state index in [1.54, 1.807) is 12.3 Å². The molecule has 5 nitrogen and oxygen atoms in total. The monoisotopic (exact) mass is 423 g/mol. The third-order valence-corrected chi connectivity index (χ3v) is 5.46. The lowest BCUT2D eigenvalue weighted by molar-refractivity contribution is -0.134. The van der Waals surface area contributed by atoms with E-state index in [1.807, 2.05) is 27.8 Å². The molecule has 1 aromatic carbocycles. The van der Waals surface area contributed by atoms with Crippen molar-refractivity contribution < 1.29 is 9.53 Å². The summed E-state index contributed by atoms with van der Waals surface area (Å²) in [5.74, 6) is 1.29. The maximum atomic E-state index is 12.8. The van der Waals surface area contributed by atoms with E-state index in [0.29, 0.717) is 42.0 Å². The molecule has 152 valence electrons. The van der Waals surface area contributed by atoms with Gasteiger partial charge in [0.1, 0.15) is 5.82 Å². The Labute approximate surface area is 176 Å². The normalized spacial score (nSPS) is 16.7. The Kier molecular flexibility index (Phi) is 7.38. The van der Waals surface area contributed by atoms with Crippen LogP contribution in [0.15, 0.2) is 30.6 Å². The zero-order valence-corrected chi connectivity index (χ0v) is 17.9. The lowest BCUT2D eigenvalue weighted by atomic mass is 10.1. The molecule has 0 saturated carbocycles. The molecule has 1 atom stereocenters. The highest BCUT2D eigenvalue weighted by Crippen LogP contribution is 2.23. The van der Waals surface area contributed by atoms with Gasteiger partial charge >= 0.3 is 0 Å². The molecule has 0 aliphatic carbocycles. The van der Waals surface area contributed by atoms with Crippen molar-refractivity contribution >= 4 is 29.1 Å². The lowest BCUT2D eigenvalue weighted by Crippen LogP contribution is -2.38. The van der Waals surface area contributed by atoms with Gasteiger partial charge in [-0.25, -0.2) is 4.98 Å². The minimum Gasteiger partial charge on any atom is -0.376 e. The number of nitrogens with zero attached hydrogens (tertiary/aromatic N) is 3. The molecular formula is C21H27Cl2N3O2. The van der Waals surface area contributed by atoms with Crippen LogP contribution in [0.25, 0.3) is 0 Å². The number of ether oxygens (including phenoxy) is 1. The van der Waals surface area contributed by atoms with Crippen LogP contribution in [-0.4, -0.2) is 39.6 Å². The minimum atomic E-state index is 0.116. The Morgan fingerprint density at radius 3 is 2.89 bits per heavy atom. The molecule has 1 aliphatic rings. The largest absolute Gasteiger partial charge is 0.376 e. The molecule has 2 heterocycles. The molecule has 1 aromatic heterocycles. The lowest BCUT2D eigenvalue weighted by Gasteiger charge is -2.26. The highest BCUT2D eigenvalue weighted by atomic mass is 35.5. The van der Waals surface area contributed by atoms with Gasteiger partial charge in [0.15, 0.2) is 0 Å². The second kappa shape index (κ2) is 9.77. The summed E-state index contributed by atoms with van der Waals surface area (Å²) in [7, 11) is 0. The Hall–Kier alpha value is -1.56. The Morgan fingerprint density at radius 1 is 1.39 bits per heavy atom. The van der Waals surface area contributed by atoms with Crippen molar-refractivity contribution in [2.24, 2.45) is 5.92 Å². The standard InChI is InChI=1S/C21H27Cl2N3O2/c1-15(2)10-21(27)26(13-18-4-3-9-28-18)14-20-24-7-8-25(20)12-16-5-6-17(22)11-19(16)23/h5-8,11,15,18H,3-4,9-10,12-14H2,1-2H3/t18-/m0/s1. The third kappa shape index (κ3) is 5.72. The number of rotatable bonds is 8. The van der Waals surface area contributed by atoms with E-state index in [-0.39, 0.29) is 12.0 Å². The number of carbonyl (C=O) groups excluding carboxylic acids is 1. The summed E-state index contributed by atoms with van der Waals surface area (Å²) in [4.78, 5) is 19.2. The second-order valence-corrected chi connectivity index (χ2v) is 8.56. The molecule has 0 spiro atoms. The van der Waals surface area contributed by atoms with Gasteiger partial charge in [0.05, 0.1) is 19.2 Å². The molecule has 0 bridgehead atoms. The topological polar surface area (TPSA) is 47.4 Å². The first-order valence-electron chi connectivity index (χ1n) is 9.75. The van der Waals surface area contributed by atoms with Gasteiger partial charge in [0.25, 0.3) is 0 Å². The summed E-state index contributed by atoms with van der Waals surface area (Å²) in [5, 5.41) is 1.24. The number of benzene rings is 1. The quantitative estimate of drug-likeness (QED) is 0.612. The Morgan fingerprint density at radius 2 is 2.21 bits per heavy atom. The van der Waals surface area contributed by atoms with Crippen LogP contribution in [0.2, 0.25) is 10.0 Å². The van der Waals surface area contributed by atoms with Gasteiger partial charge in [0, 0.05) is 42.0 Å². The number of carbonyl (C=O) groups is 1. The van der Waals surface area contributed by atoms with Crippen molar-refractivity contribution in [3.63, 3.8) is 0 Å². The zero-order chi connectivity index (χ0) is 20.1. The zero-order valence-electron chi connectivity index (χ0n) is 16.4. The number of aromatic nitrogens is 2. The molecule has 28 heavy (non-hydrogen) atoms. The summed E-state index contributed by atoms with van der Waals surface area (Å²) in [5.41, 5.74) is 0.962. The van der Waals surface area contributed by atoms with Crippen molar-refractivity contribution in [1.29, 1.82) is 0 Å². The minimum absolute atomic E-state index is 0.116. The molecule has 1 saturated heterocycles. The fraction of sp³-hybridized carbons (Fsp3) is 0.524. The van der Waals surface area contributed by atoms with Crippen molar-refractivity contribution in [3.8, 4) is 0 Å². The molecule has 0 radical (unpaired) electrons. The maximum Gasteiger partial charge on any atom is 0.223 e. The van der Waals surface area contributed by atoms with Gasteiger partial charge < -0.3 is 14.2 Å². The summed E-state index contributed by atoms with van der Waals surface area (Å²) >= 11 is 12.3. The van der Waals surface area contributed by atoms with Crippen LogP contribution in [0.3, 0.4) is 0 Å². The summed E-state index contributed by atoms with van der Waals surface area (Å²) < 4.78 is 7.79. The molecule has 3 rings (SSSR count). The molecule has 7 heteroatoms. The predicted octanol–water partition coefficient (Wildman–Crippen LogP) is 4.79. The van der Waals surface area contributed by atoms with Crippen molar-refractivity contribution in [2.45, 2.75) is 52.3 Å². The van der Waals surface area contributed by atoms with Crippen LogP contribution >= 0.6 is 23.2 Å². The first kappa shape index (κ1) is 21.2. The molecule has 0 unspecified atom stereocenters. The first-order chi connectivity index (χ1) is 13.4. The average molecular weight is 424 g/mol. The van der Waals surface area contributed by atoms with Crippen LogP contribution in [0.5, 0.6) is 0 Å². The fourth-order valence-corrected chi connectivity index (χ4v) is 3.88. The van der Waals surface area contributed by atoms with Gasteiger partial charge in [-0.15, -0.1) is 0 Å². The molecule has 1 aliphatic heterocycles. The van der Waals surface area contributed by atoms with E-state index >= 15 is 0 Å². The number of halogens is 2. The third-order valence-electron chi connectivity index (χ3n) is 4.87. The van der Waals surface area contributed by atoms with Crippen LogP contribution in [-0.2, 0) is 22.6 Å². The Bertz CT molecular complexity index is 801. The van der Waals surface area contributed by atoms with E-state index in [4.69, 9.17) is 27.9 Å². The number of imidazole rings is 1. The van der Waals surface area contributed by atoms with Crippen LogP contribution in [0.4, 0.5) is 0 Å². The van der Waals surface area contributed by atoms with Gasteiger partial charge in [-0.1, -0.05) is 43.1 Å². The van der Waals surface area contributed by atoms with Gasteiger partial charge in [-0.2, -0.15) is 0 Å². The van der Waals surface area contributed by atoms with Crippen molar-refractivity contribution in [2.75, 3.05) is 13.2 Å². The van der Waals surface area contributed by atoms with Gasteiger partial charge in [-0.3, -0.25) is 4.79 Å². The van der Waals surface area contributed by atoms with E-state index in [1.165, 1.54) is 0 Å².